The molecule has 0 spiro atoms. The van der Waals surface area contributed by atoms with Crippen LogP contribution in [0.4, 0.5) is 0 Å². The van der Waals surface area contributed by atoms with Crippen molar-refractivity contribution in [3.05, 3.63) is 34.4 Å². The minimum absolute atomic E-state index is 0. The van der Waals surface area contributed by atoms with Gasteiger partial charge in [-0.3, -0.25) is 4.79 Å². The number of hydrogen-bond donors (Lipinski definition) is 0. The zero-order valence-corrected chi connectivity index (χ0v) is 11.3. The molecule has 2 heteroatoms. The molecule has 1 rings (SSSR count). The van der Waals surface area contributed by atoms with Crippen molar-refractivity contribution in [2.24, 2.45) is 0 Å². The van der Waals surface area contributed by atoms with E-state index >= 15 is 0 Å². The molecule has 0 aliphatic rings. The summed E-state index contributed by atoms with van der Waals surface area (Å²) in [5, 5.41) is 0. The van der Waals surface area contributed by atoms with Crippen LogP contribution < -0.4 is 0 Å². The molecule has 0 radical (unpaired) electrons. The number of rotatable bonds is 5. The third-order valence-corrected chi connectivity index (χ3v) is 3.07. The molecule has 0 aliphatic carbocycles. The molecular weight excluding hydrogens is 224 g/mol. The summed E-state index contributed by atoms with van der Waals surface area (Å²) in [5.74, 6) is -0.0947. The van der Waals surface area contributed by atoms with Gasteiger partial charge in [-0.1, -0.05) is 26.5 Å². The van der Waals surface area contributed by atoms with Gasteiger partial charge in [0.15, 0.2) is 0 Å². The molecule has 0 N–H and O–H groups in total. The van der Waals surface area contributed by atoms with Gasteiger partial charge < -0.3 is 4.74 Å². The first-order valence-electron chi connectivity index (χ1n) is 6.27. The standard InChI is InChI=1S/C15H22O2.CH4/c1-5-8-17-15(16)7-6-14-9-11(2)13(4)12(3)10-14;/h9-10H,5-8H2,1-4H3;1H4. The van der Waals surface area contributed by atoms with Gasteiger partial charge >= 0.3 is 5.97 Å². The number of aryl methyl sites for hydroxylation is 3. The van der Waals surface area contributed by atoms with Crippen molar-refractivity contribution in [2.75, 3.05) is 6.61 Å². The maximum absolute atomic E-state index is 11.4. The highest BCUT2D eigenvalue weighted by molar-refractivity contribution is 5.69. The van der Waals surface area contributed by atoms with Crippen molar-refractivity contribution >= 4 is 5.97 Å². The van der Waals surface area contributed by atoms with Crippen LogP contribution in [0.2, 0.25) is 0 Å². The highest BCUT2D eigenvalue weighted by Gasteiger charge is 2.05. The third-order valence-electron chi connectivity index (χ3n) is 3.07. The lowest BCUT2D eigenvalue weighted by molar-refractivity contribution is -0.143. The van der Waals surface area contributed by atoms with E-state index in [2.05, 4.69) is 32.9 Å². The number of ether oxygens (including phenoxy) is 1. The second-order valence-electron chi connectivity index (χ2n) is 4.58. The van der Waals surface area contributed by atoms with Crippen LogP contribution in [0, 0.1) is 20.8 Å². The fourth-order valence-electron chi connectivity index (χ4n) is 1.80. The summed E-state index contributed by atoms with van der Waals surface area (Å²) in [4.78, 5) is 11.4. The topological polar surface area (TPSA) is 26.3 Å². The lowest BCUT2D eigenvalue weighted by Gasteiger charge is -2.09. The largest absolute Gasteiger partial charge is 0.466 e. The number of carbonyl (C=O) groups is 1. The van der Waals surface area contributed by atoms with E-state index in [0.717, 1.165) is 12.8 Å². The first-order valence-corrected chi connectivity index (χ1v) is 6.27. The Hall–Kier alpha value is -1.31. The molecule has 0 heterocycles. The maximum atomic E-state index is 11.4. The van der Waals surface area contributed by atoms with E-state index < -0.39 is 0 Å². The number of benzene rings is 1. The molecule has 0 amide bonds. The molecule has 0 unspecified atom stereocenters. The first kappa shape index (κ1) is 16.7. The third kappa shape index (κ3) is 4.91. The van der Waals surface area contributed by atoms with E-state index in [1.165, 1.54) is 22.3 Å². The smallest absolute Gasteiger partial charge is 0.306 e. The van der Waals surface area contributed by atoms with Gasteiger partial charge in [-0.25, -0.2) is 0 Å². The minimum atomic E-state index is -0.0947. The summed E-state index contributed by atoms with van der Waals surface area (Å²) in [7, 11) is 0. The predicted molar refractivity (Wildman–Crippen MR) is 77.0 cm³/mol. The number of esters is 1. The highest BCUT2D eigenvalue weighted by atomic mass is 16.5. The second-order valence-corrected chi connectivity index (χ2v) is 4.58. The van der Waals surface area contributed by atoms with Crippen LogP contribution in [0.15, 0.2) is 12.1 Å². The van der Waals surface area contributed by atoms with Crippen LogP contribution in [0.3, 0.4) is 0 Å². The Morgan fingerprint density at radius 1 is 1.17 bits per heavy atom. The van der Waals surface area contributed by atoms with Crippen molar-refractivity contribution in [2.45, 2.75) is 54.4 Å². The minimum Gasteiger partial charge on any atom is -0.466 e. The Morgan fingerprint density at radius 3 is 2.22 bits per heavy atom. The van der Waals surface area contributed by atoms with Crippen LogP contribution in [0.25, 0.3) is 0 Å². The van der Waals surface area contributed by atoms with Crippen LogP contribution in [-0.4, -0.2) is 12.6 Å². The van der Waals surface area contributed by atoms with Gasteiger partial charge in [-0.2, -0.15) is 0 Å². The summed E-state index contributed by atoms with van der Waals surface area (Å²) in [6.07, 6.45) is 2.13. The quantitative estimate of drug-likeness (QED) is 0.734. The van der Waals surface area contributed by atoms with Crippen LogP contribution in [-0.2, 0) is 16.0 Å². The van der Waals surface area contributed by atoms with E-state index in [9.17, 15) is 4.79 Å². The van der Waals surface area contributed by atoms with Gasteiger partial charge in [0.05, 0.1) is 6.61 Å². The molecule has 0 aliphatic heterocycles. The average molecular weight is 250 g/mol. The van der Waals surface area contributed by atoms with Crippen LogP contribution >= 0.6 is 0 Å². The van der Waals surface area contributed by atoms with Gasteiger partial charge in [0.2, 0.25) is 0 Å². The summed E-state index contributed by atoms with van der Waals surface area (Å²) in [6, 6.07) is 4.32. The SMILES string of the molecule is C.CCCOC(=O)CCc1cc(C)c(C)c(C)c1. The van der Waals surface area contributed by atoms with Crippen molar-refractivity contribution < 1.29 is 9.53 Å². The van der Waals surface area contributed by atoms with Gasteiger partial charge in [0, 0.05) is 6.42 Å². The molecule has 0 atom stereocenters. The maximum Gasteiger partial charge on any atom is 0.306 e. The Bertz CT molecular complexity index is 371. The molecule has 0 saturated carbocycles. The van der Waals surface area contributed by atoms with Crippen molar-refractivity contribution in [1.82, 2.24) is 0 Å². The summed E-state index contributed by atoms with van der Waals surface area (Å²) >= 11 is 0. The van der Waals surface area contributed by atoms with Crippen LogP contribution in [0.5, 0.6) is 0 Å². The van der Waals surface area contributed by atoms with Gasteiger partial charge in [-0.05, 0) is 55.9 Å². The number of carbonyl (C=O) groups excluding carboxylic acids is 1. The molecular formula is C16H26O2. The molecule has 1 aromatic carbocycles. The summed E-state index contributed by atoms with van der Waals surface area (Å²) in [5.41, 5.74) is 5.14. The molecule has 2 nitrogen and oxygen atoms in total. The van der Waals surface area contributed by atoms with Gasteiger partial charge in [0.25, 0.3) is 0 Å². The first-order chi connectivity index (χ1) is 8.04. The molecule has 0 aromatic heterocycles. The number of hydrogen-bond acceptors (Lipinski definition) is 2. The second kappa shape index (κ2) is 7.91. The average Bonchev–Trinajstić information content (AvgIpc) is 2.30. The van der Waals surface area contributed by atoms with Gasteiger partial charge in [0.1, 0.15) is 0 Å². The zero-order chi connectivity index (χ0) is 12.8. The monoisotopic (exact) mass is 250 g/mol. The van der Waals surface area contributed by atoms with Crippen molar-refractivity contribution in [3.63, 3.8) is 0 Å². The Kier molecular flexibility index (Phi) is 7.33. The highest BCUT2D eigenvalue weighted by Crippen LogP contribution is 2.16. The van der Waals surface area contributed by atoms with Crippen LogP contribution in [0.1, 0.15) is 49.4 Å². The molecule has 0 bridgehead atoms. The lowest BCUT2D eigenvalue weighted by atomic mass is 9.98. The van der Waals surface area contributed by atoms with Gasteiger partial charge in [-0.15, -0.1) is 0 Å². The molecule has 1 aromatic rings. The molecule has 0 fully saturated rings. The summed E-state index contributed by atoms with van der Waals surface area (Å²) < 4.78 is 5.06. The summed E-state index contributed by atoms with van der Waals surface area (Å²) in [6.45, 7) is 8.89. The molecule has 102 valence electrons. The Morgan fingerprint density at radius 2 is 1.72 bits per heavy atom. The molecule has 18 heavy (non-hydrogen) atoms. The lowest BCUT2D eigenvalue weighted by Crippen LogP contribution is -2.06. The predicted octanol–water partition coefficient (Wildman–Crippen LogP) is 4.13. The van der Waals surface area contributed by atoms with E-state index in [0.29, 0.717) is 13.0 Å². The Balaban J connectivity index is 0.00000289. The normalized spacial score (nSPS) is 9.78. The van der Waals surface area contributed by atoms with E-state index in [1.807, 2.05) is 6.92 Å². The fraction of sp³-hybridized carbons (Fsp3) is 0.562. The Labute approximate surface area is 111 Å². The van der Waals surface area contributed by atoms with Crippen molar-refractivity contribution in [3.8, 4) is 0 Å². The van der Waals surface area contributed by atoms with Crippen molar-refractivity contribution in [1.29, 1.82) is 0 Å². The van der Waals surface area contributed by atoms with E-state index in [1.54, 1.807) is 0 Å². The van der Waals surface area contributed by atoms with E-state index in [-0.39, 0.29) is 13.4 Å². The fourth-order valence-corrected chi connectivity index (χ4v) is 1.80. The van der Waals surface area contributed by atoms with E-state index in [4.69, 9.17) is 4.74 Å². The zero-order valence-electron chi connectivity index (χ0n) is 11.3. The molecule has 0 saturated heterocycles.